The zero-order valence-electron chi connectivity index (χ0n) is 14.1. The van der Waals surface area contributed by atoms with E-state index >= 15 is 0 Å². The van der Waals surface area contributed by atoms with Gasteiger partial charge in [0.1, 0.15) is 5.75 Å². The smallest absolute Gasteiger partial charge is 0.127 e. The molecule has 0 aliphatic carbocycles. The van der Waals surface area contributed by atoms with Gasteiger partial charge in [-0.05, 0) is 30.2 Å². The van der Waals surface area contributed by atoms with E-state index in [9.17, 15) is 0 Å². The summed E-state index contributed by atoms with van der Waals surface area (Å²) in [5, 5.41) is 3.91. The summed E-state index contributed by atoms with van der Waals surface area (Å²) >= 11 is 5.36. The number of morpholine rings is 1. The fourth-order valence-corrected chi connectivity index (χ4v) is 2.98. The molecule has 6 heteroatoms. The summed E-state index contributed by atoms with van der Waals surface area (Å²) in [6.07, 6.45) is 0.984. The highest BCUT2D eigenvalue weighted by Gasteiger charge is 2.11. The Bertz CT molecular complexity index is 688. The van der Waals surface area contributed by atoms with Crippen molar-refractivity contribution in [3.63, 3.8) is 0 Å². The van der Waals surface area contributed by atoms with Crippen molar-refractivity contribution in [2.75, 3.05) is 39.5 Å². The fraction of sp³-hybridized carbons (Fsp3) is 0.368. The first-order chi connectivity index (χ1) is 12.4. The molecule has 132 valence electrons. The molecule has 1 aliphatic rings. The van der Waals surface area contributed by atoms with E-state index in [2.05, 4.69) is 26.8 Å². The second-order valence-corrected chi connectivity index (χ2v) is 6.03. The van der Waals surface area contributed by atoms with Gasteiger partial charge in [0.2, 0.25) is 0 Å². The van der Waals surface area contributed by atoms with Crippen LogP contribution in [-0.4, -0.2) is 44.4 Å². The third kappa shape index (κ3) is 5.26. The monoisotopic (exact) mass is 359 g/mol. The molecule has 1 aliphatic heterocycles. The maximum atomic E-state index is 6.05. The largest absolute Gasteiger partial charge is 0.493 e. The Balaban J connectivity index is 1.65. The number of halogens is 1. The zero-order chi connectivity index (χ0) is 17.3. The lowest BCUT2D eigenvalue weighted by Crippen LogP contribution is -2.37. The molecule has 0 atom stereocenters. The maximum Gasteiger partial charge on any atom is 0.127 e. The van der Waals surface area contributed by atoms with Crippen molar-refractivity contribution in [2.24, 2.45) is 9.75 Å². The molecule has 0 saturated carbocycles. The van der Waals surface area contributed by atoms with E-state index < -0.39 is 0 Å². The number of rotatable bonds is 7. The molecule has 2 aromatic rings. The van der Waals surface area contributed by atoms with Crippen LogP contribution in [-0.2, 0) is 4.74 Å². The van der Waals surface area contributed by atoms with Gasteiger partial charge >= 0.3 is 0 Å². The molecule has 1 heterocycles. The predicted molar refractivity (Wildman–Crippen MR) is 99.6 cm³/mol. The van der Waals surface area contributed by atoms with Gasteiger partial charge in [0.15, 0.2) is 0 Å². The number of hydrogen-bond donors (Lipinski definition) is 0. The number of benzene rings is 2. The molecule has 0 spiro atoms. The van der Waals surface area contributed by atoms with Crippen LogP contribution in [0.1, 0.15) is 6.42 Å². The Morgan fingerprint density at radius 1 is 1.08 bits per heavy atom. The first-order valence-corrected chi connectivity index (χ1v) is 8.85. The molecule has 0 N–H and O–H groups in total. The topological polar surface area (TPSA) is 46.4 Å². The van der Waals surface area contributed by atoms with Gasteiger partial charge in [-0.3, -0.25) is 4.90 Å². The Morgan fingerprint density at radius 2 is 1.88 bits per heavy atom. The number of ether oxygens (including phenoxy) is 2. The third-order valence-electron chi connectivity index (χ3n) is 4.18. The second-order valence-electron chi connectivity index (χ2n) is 5.88. The standard InChI is InChI=1S/C19H22ClN3O2/c20-22-21-17-7-8-19(18(15-17)16-5-2-1-3-6-16)25-12-4-9-23-10-13-24-14-11-23/h1-3,5-8,15H,4,9-14H2/b22-21-. The average molecular weight is 360 g/mol. The molecule has 0 radical (unpaired) electrons. The molecule has 0 bridgehead atoms. The number of hydrogen-bond acceptors (Lipinski definition) is 5. The molecule has 2 aromatic carbocycles. The quantitative estimate of drug-likeness (QED) is 0.532. The molecule has 0 amide bonds. The minimum Gasteiger partial charge on any atom is -0.493 e. The number of nitrogens with zero attached hydrogens (tertiary/aromatic N) is 3. The van der Waals surface area contributed by atoms with Crippen LogP contribution in [0.25, 0.3) is 11.1 Å². The van der Waals surface area contributed by atoms with Gasteiger partial charge in [-0.1, -0.05) is 35.0 Å². The molecule has 0 aromatic heterocycles. The van der Waals surface area contributed by atoms with Gasteiger partial charge in [-0.25, -0.2) is 0 Å². The molecule has 1 fully saturated rings. The van der Waals surface area contributed by atoms with E-state index in [1.165, 1.54) is 0 Å². The van der Waals surface area contributed by atoms with Crippen molar-refractivity contribution in [3.8, 4) is 16.9 Å². The van der Waals surface area contributed by atoms with Crippen LogP contribution in [0.4, 0.5) is 5.69 Å². The molecule has 0 unspecified atom stereocenters. The highest BCUT2D eigenvalue weighted by atomic mass is 35.5. The average Bonchev–Trinajstić information content (AvgIpc) is 2.68. The van der Waals surface area contributed by atoms with E-state index in [1.807, 2.05) is 36.4 Å². The molecule has 1 saturated heterocycles. The predicted octanol–water partition coefficient (Wildman–Crippen LogP) is 4.69. The van der Waals surface area contributed by atoms with E-state index in [0.717, 1.165) is 56.1 Å². The molecule has 25 heavy (non-hydrogen) atoms. The van der Waals surface area contributed by atoms with Crippen LogP contribution in [0.15, 0.2) is 58.3 Å². The Hall–Kier alpha value is -1.95. The minimum atomic E-state index is 0.674. The first kappa shape index (κ1) is 17.9. The Morgan fingerprint density at radius 3 is 2.64 bits per heavy atom. The fourth-order valence-electron chi connectivity index (χ4n) is 2.89. The van der Waals surface area contributed by atoms with Crippen LogP contribution in [0, 0.1) is 0 Å². The van der Waals surface area contributed by atoms with Gasteiger partial charge in [-0.2, -0.15) is 0 Å². The second kappa shape index (κ2) is 9.51. The van der Waals surface area contributed by atoms with Crippen molar-refractivity contribution in [1.82, 2.24) is 4.90 Å². The van der Waals surface area contributed by atoms with E-state index in [4.69, 9.17) is 21.3 Å². The van der Waals surface area contributed by atoms with Crippen molar-refractivity contribution in [1.29, 1.82) is 0 Å². The molecular weight excluding hydrogens is 338 g/mol. The summed E-state index contributed by atoms with van der Waals surface area (Å²) in [4.78, 5) is 2.41. The van der Waals surface area contributed by atoms with Gasteiger partial charge in [0, 0.05) is 25.2 Å². The highest BCUT2D eigenvalue weighted by Crippen LogP contribution is 2.34. The van der Waals surface area contributed by atoms with E-state index in [0.29, 0.717) is 12.3 Å². The SMILES string of the molecule is Cl/N=N\c1ccc(OCCCN2CCOCC2)c(-c2ccccc2)c1. The molecular formula is C19H22ClN3O2. The van der Waals surface area contributed by atoms with Crippen molar-refractivity contribution in [2.45, 2.75) is 6.42 Å². The highest BCUT2D eigenvalue weighted by molar-refractivity contribution is 6.14. The summed E-state index contributed by atoms with van der Waals surface area (Å²) < 4.78 is 14.8. The lowest BCUT2D eigenvalue weighted by atomic mass is 10.0. The Kier molecular flexibility index (Phi) is 6.79. The van der Waals surface area contributed by atoms with Crippen LogP contribution >= 0.6 is 11.8 Å². The lowest BCUT2D eigenvalue weighted by molar-refractivity contribution is 0.0358. The summed E-state index contributed by atoms with van der Waals surface area (Å²) in [6, 6.07) is 15.8. The maximum absolute atomic E-state index is 6.05. The summed E-state index contributed by atoms with van der Waals surface area (Å²) in [5.41, 5.74) is 2.78. The summed E-state index contributed by atoms with van der Waals surface area (Å²) in [7, 11) is 0. The molecule has 5 nitrogen and oxygen atoms in total. The van der Waals surface area contributed by atoms with Crippen molar-refractivity contribution in [3.05, 3.63) is 48.5 Å². The van der Waals surface area contributed by atoms with Crippen LogP contribution in [0.3, 0.4) is 0 Å². The van der Waals surface area contributed by atoms with Crippen LogP contribution in [0.2, 0.25) is 0 Å². The normalized spacial score (nSPS) is 15.6. The van der Waals surface area contributed by atoms with E-state index in [-0.39, 0.29) is 0 Å². The van der Waals surface area contributed by atoms with Crippen molar-refractivity contribution < 1.29 is 9.47 Å². The van der Waals surface area contributed by atoms with Crippen LogP contribution < -0.4 is 4.74 Å². The van der Waals surface area contributed by atoms with Gasteiger partial charge in [0.05, 0.1) is 37.3 Å². The lowest BCUT2D eigenvalue weighted by Gasteiger charge is -2.26. The molecule has 3 rings (SSSR count). The summed E-state index contributed by atoms with van der Waals surface area (Å²) in [5.74, 6) is 0.849. The Labute approximate surface area is 153 Å². The van der Waals surface area contributed by atoms with Gasteiger partial charge < -0.3 is 9.47 Å². The van der Waals surface area contributed by atoms with Crippen molar-refractivity contribution >= 4 is 17.5 Å². The third-order valence-corrected chi connectivity index (χ3v) is 4.26. The summed E-state index contributed by atoms with van der Waals surface area (Å²) in [6.45, 7) is 5.38. The van der Waals surface area contributed by atoms with Gasteiger partial charge in [-0.15, -0.1) is 5.11 Å². The van der Waals surface area contributed by atoms with Gasteiger partial charge in [0.25, 0.3) is 0 Å². The first-order valence-electron chi connectivity index (χ1n) is 8.51. The van der Waals surface area contributed by atoms with Crippen LogP contribution in [0.5, 0.6) is 5.75 Å². The minimum absolute atomic E-state index is 0.674. The zero-order valence-corrected chi connectivity index (χ0v) is 14.9. The van der Waals surface area contributed by atoms with E-state index in [1.54, 1.807) is 0 Å².